The number of rotatable bonds is 2. The average molecular weight is 242 g/mol. The zero-order chi connectivity index (χ0) is 12.6. The average Bonchev–Trinajstić information content (AvgIpc) is 2.39. The smallest absolute Gasteiger partial charge is 0.306 e. The lowest BCUT2D eigenvalue weighted by Gasteiger charge is -2.45. The lowest BCUT2D eigenvalue weighted by Crippen LogP contribution is -2.40. The van der Waals surface area contributed by atoms with Crippen molar-refractivity contribution in [1.29, 1.82) is 0 Å². The molecule has 0 saturated heterocycles. The number of carbonyl (C=O) groups is 1. The summed E-state index contributed by atoms with van der Waals surface area (Å²) in [5.74, 6) is -0.377. The molecule has 2 aliphatic rings. The Kier molecular flexibility index (Phi) is 2.73. The number of allylic oxidation sites excluding steroid dienone is 2. The van der Waals surface area contributed by atoms with Gasteiger partial charge < -0.3 is 5.11 Å². The quantitative estimate of drug-likeness (QED) is 0.807. The number of hydrogen-bond acceptors (Lipinski definition) is 1. The molecule has 3 rings (SSSR count). The fraction of sp³-hybridized carbons (Fsp3) is 0.438. The first-order valence-corrected chi connectivity index (χ1v) is 6.65. The number of carboxylic acids is 1. The Morgan fingerprint density at radius 1 is 1.22 bits per heavy atom. The van der Waals surface area contributed by atoms with E-state index >= 15 is 0 Å². The van der Waals surface area contributed by atoms with E-state index in [1.54, 1.807) is 0 Å². The van der Waals surface area contributed by atoms with Gasteiger partial charge >= 0.3 is 5.97 Å². The fourth-order valence-electron chi connectivity index (χ4n) is 3.72. The maximum Gasteiger partial charge on any atom is 0.306 e. The molecule has 0 spiro atoms. The van der Waals surface area contributed by atoms with Gasteiger partial charge in [-0.25, -0.2) is 0 Å². The first-order valence-electron chi connectivity index (χ1n) is 6.65. The predicted octanol–water partition coefficient (Wildman–Crippen LogP) is 3.39. The second-order valence-electron chi connectivity index (χ2n) is 5.72. The molecule has 2 aliphatic carbocycles. The van der Waals surface area contributed by atoms with Crippen LogP contribution in [0.2, 0.25) is 0 Å². The highest BCUT2D eigenvalue weighted by Gasteiger charge is 2.44. The van der Waals surface area contributed by atoms with Gasteiger partial charge in [0, 0.05) is 5.41 Å². The van der Waals surface area contributed by atoms with E-state index in [2.05, 4.69) is 36.4 Å². The van der Waals surface area contributed by atoms with E-state index in [4.69, 9.17) is 0 Å². The Bertz CT molecular complexity index is 477. The number of benzene rings is 1. The second-order valence-corrected chi connectivity index (χ2v) is 5.72. The van der Waals surface area contributed by atoms with Gasteiger partial charge in [-0.3, -0.25) is 4.79 Å². The minimum atomic E-state index is -0.629. The van der Waals surface area contributed by atoms with Gasteiger partial charge in [-0.2, -0.15) is 0 Å². The zero-order valence-electron chi connectivity index (χ0n) is 10.4. The standard InChI is InChI=1S/C16H18O2/c17-15(18)13-9-12-5-4-8-16(10-12,11-13)14-6-2-1-3-7-14/h1-7,12-13H,8-11H2,(H,17,18). The van der Waals surface area contributed by atoms with Crippen LogP contribution in [-0.2, 0) is 10.2 Å². The molecule has 0 heterocycles. The van der Waals surface area contributed by atoms with Crippen molar-refractivity contribution < 1.29 is 9.90 Å². The summed E-state index contributed by atoms with van der Waals surface area (Å²) in [6.45, 7) is 0. The number of hydrogen-bond donors (Lipinski definition) is 1. The fourth-order valence-corrected chi connectivity index (χ4v) is 3.72. The number of aliphatic carboxylic acids is 1. The molecule has 2 bridgehead atoms. The normalized spacial score (nSPS) is 34.2. The summed E-state index contributed by atoms with van der Waals surface area (Å²) in [6.07, 6.45) is 8.15. The second kappa shape index (κ2) is 4.27. The molecule has 3 unspecified atom stereocenters. The lowest BCUT2D eigenvalue weighted by molar-refractivity contribution is -0.144. The van der Waals surface area contributed by atoms with Gasteiger partial charge in [-0.15, -0.1) is 0 Å². The van der Waals surface area contributed by atoms with Crippen molar-refractivity contribution in [2.75, 3.05) is 0 Å². The van der Waals surface area contributed by atoms with Crippen molar-refractivity contribution in [2.24, 2.45) is 11.8 Å². The van der Waals surface area contributed by atoms with Crippen LogP contribution in [0.5, 0.6) is 0 Å². The first kappa shape index (κ1) is 11.5. The first-order chi connectivity index (χ1) is 8.70. The van der Waals surface area contributed by atoms with Crippen LogP contribution in [0.4, 0.5) is 0 Å². The molecular weight excluding hydrogens is 224 g/mol. The molecule has 0 aliphatic heterocycles. The number of fused-ring (bicyclic) bond motifs is 2. The summed E-state index contributed by atoms with van der Waals surface area (Å²) < 4.78 is 0. The largest absolute Gasteiger partial charge is 0.481 e. The van der Waals surface area contributed by atoms with Crippen LogP contribution in [0.15, 0.2) is 42.5 Å². The summed E-state index contributed by atoms with van der Waals surface area (Å²) in [7, 11) is 0. The van der Waals surface area contributed by atoms with E-state index in [1.807, 2.05) is 6.07 Å². The molecular formula is C16H18O2. The van der Waals surface area contributed by atoms with Crippen molar-refractivity contribution in [2.45, 2.75) is 31.1 Å². The third-order valence-electron chi connectivity index (χ3n) is 4.53. The lowest BCUT2D eigenvalue weighted by atomic mass is 9.58. The van der Waals surface area contributed by atoms with Crippen LogP contribution >= 0.6 is 0 Å². The Balaban J connectivity index is 1.99. The van der Waals surface area contributed by atoms with Crippen LogP contribution < -0.4 is 0 Å². The summed E-state index contributed by atoms with van der Waals surface area (Å²) in [4.78, 5) is 11.3. The molecule has 2 heteroatoms. The van der Waals surface area contributed by atoms with E-state index in [9.17, 15) is 9.90 Å². The molecule has 1 saturated carbocycles. The minimum absolute atomic E-state index is 0.0575. The Morgan fingerprint density at radius 3 is 2.72 bits per heavy atom. The number of carboxylic acid groups (broad SMARTS) is 1. The Morgan fingerprint density at radius 2 is 2.00 bits per heavy atom. The monoisotopic (exact) mass is 242 g/mol. The summed E-state index contributed by atoms with van der Waals surface area (Å²) in [6, 6.07) is 10.4. The van der Waals surface area contributed by atoms with E-state index in [0.29, 0.717) is 5.92 Å². The SMILES string of the molecule is O=C(O)C1CC2C=CCC(c3ccccc3)(C2)C1. The van der Waals surface area contributed by atoms with Gasteiger partial charge in [0.15, 0.2) is 0 Å². The molecule has 0 amide bonds. The van der Waals surface area contributed by atoms with Crippen LogP contribution in [0.3, 0.4) is 0 Å². The van der Waals surface area contributed by atoms with Crippen LogP contribution in [0.1, 0.15) is 31.2 Å². The molecule has 2 nitrogen and oxygen atoms in total. The van der Waals surface area contributed by atoms with E-state index in [-0.39, 0.29) is 11.3 Å². The summed E-state index contributed by atoms with van der Waals surface area (Å²) in [5.41, 5.74) is 1.37. The van der Waals surface area contributed by atoms with Gasteiger partial charge in [0.1, 0.15) is 0 Å². The van der Waals surface area contributed by atoms with E-state index in [0.717, 1.165) is 25.7 Å². The van der Waals surface area contributed by atoms with Crippen LogP contribution in [0, 0.1) is 11.8 Å². The molecule has 1 fully saturated rings. The molecule has 3 atom stereocenters. The summed E-state index contributed by atoms with van der Waals surface area (Å²) in [5, 5.41) is 9.33. The highest BCUT2D eigenvalue weighted by atomic mass is 16.4. The van der Waals surface area contributed by atoms with Gasteiger partial charge in [0.05, 0.1) is 5.92 Å². The van der Waals surface area contributed by atoms with E-state index < -0.39 is 5.97 Å². The third-order valence-corrected chi connectivity index (χ3v) is 4.53. The highest BCUT2D eigenvalue weighted by molar-refractivity contribution is 5.70. The molecule has 1 aromatic rings. The minimum Gasteiger partial charge on any atom is -0.481 e. The summed E-state index contributed by atoms with van der Waals surface area (Å²) >= 11 is 0. The van der Waals surface area contributed by atoms with Crippen molar-refractivity contribution in [1.82, 2.24) is 0 Å². The predicted molar refractivity (Wildman–Crippen MR) is 70.3 cm³/mol. The molecule has 1 N–H and O–H groups in total. The van der Waals surface area contributed by atoms with Crippen molar-refractivity contribution in [3.8, 4) is 0 Å². The molecule has 0 radical (unpaired) electrons. The van der Waals surface area contributed by atoms with Crippen molar-refractivity contribution in [3.05, 3.63) is 48.0 Å². The topological polar surface area (TPSA) is 37.3 Å². The molecule has 94 valence electrons. The van der Waals surface area contributed by atoms with Gasteiger partial charge in [0.2, 0.25) is 0 Å². The third kappa shape index (κ3) is 1.86. The molecule has 0 aromatic heterocycles. The maximum atomic E-state index is 11.3. The van der Waals surface area contributed by atoms with Crippen LogP contribution in [-0.4, -0.2) is 11.1 Å². The molecule has 1 aromatic carbocycles. The maximum absolute atomic E-state index is 11.3. The van der Waals surface area contributed by atoms with Gasteiger partial charge in [-0.1, -0.05) is 42.5 Å². The highest BCUT2D eigenvalue weighted by Crippen LogP contribution is 2.49. The Labute approximate surface area is 107 Å². The zero-order valence-corrected chi connectivity index (χ0v) is 10.4. The van der Waals surface area contributed by atoms with Crippen LogP contribution in [0.25, 0.3) is 0 Å². The molecule has 18 heavy (non-hydrogen) atoms. The van der Waals surface area contributed by atoms with E-state index in [1.165, 1.54) is 5.56 Å². The Hall–Kier alpha value is -1.57. The van der Waals surface area contributed by atoms with Crippen molar-refractivity contribution in [3.63, 3.8) is 0 Å². The van der Waals surface area contributed by atoms with Crippen molar-refractivity contribution >= 4 is 5.97 Å². The van der Waals surface area contributed by atoms with Gasteiger partial charge in [-0.05, 0) is 37.2 Å². The van der Waals surface area contributed by atoms with Gasteiger partial charge in [0.25, 0.3) is 0 Å².